The summed E-state index contributed by atoms with van der Waals surface area (Å²) in [4.78, 5) is 20.9. The molecule has 0 spiro atoms. The van der Waals surface area contributed by atoms with Gasteiger partial charge in [-0.05, 0) is 37.1 Å². The summed E-state index contributed by atoms with van der Waals surface area (Å²) in [7, 11) is 1.72. The van der Waals surface area contributed by atoms with Crippen molar-refractivity contribution in [3.05, 3.63) is 124 Å². The number of methoxy groups -OCH3 is 1. The molecule has 3 aromatic rings. The SMILES string of the molecule is COC(C)CCN1/C(=C\C2=C(O)C(=C3/C(c4ccccc4)=Nc4ccccc43)/C2=O)C(C)(C)c2ccccc21. The van der Waals surface area contributed by atoms with Crippen molar-refractivity contribution in [2.45, 2.75) is 38.7 Å². The molecule has 6 rings (SSSR count). The summed E-state index contributed by atoms with van der Waals surface area (Å²) in [5.41, 5.74) is 7.66. The third-order valence-electron chi connectivity index (χ3n) is 8.15. The third-order valence-corrected chi connectivity index (χ3v) is 8.15. The minimum atomic E-state index is -0.333. The molecule has 0 fully saturated rings. The molecule has 0 saturated carbocycles. The molecule has 0 aromatic heterocycles. The molecule has 0 bridgehead atoms. The number of nitrogens with zero attached hydrogens (tertiary/aromatic N) is 2. The number of carbonyl (C=O) groups is 1. The number of ketones is 1. The standard InChI is InChI=1S/C34H32N2O3/c1-21(39-4)18-19-36-27-17-11-9-15-25(27)34(2,3)28(36)20-24-32(37)30(33(24)38)29-23-14-8-10-16-26(23)35-31(29)22-12-6-5-7-13-22/h5-17,20-21,37H,18-19H2,1-4H3/b28-20-,30-29-. The van der Waals surface area contributed by atoms with Crippen LogP contribution >= 0.6 is 0 Å². The van der Waals surface area contributed by atoms with Crippen LogP contribution < -0.4 is 4.90 Å². The van der Waals surface area contributed by atoms with Gasteiger partial charge in [0.05, 0.1) is 28.6 Å². The van der Waals surface area contributed by atoms with Crippen molar-refractivity contribution in [1.29, 1.82) is 0 Å². The number of ether oxygens (including phenoxy) is 1. The van der Waals surface area contributed by atoms with Crippen molar-refractivity contribution in [2.75, 3.05) is 18.6 Å². The first-order valence-electron chi connectivity index (χ1n) is 13.4. The molecule has 1 N–H and O–H groups in total. The zero-order valence-electron chi connectivity index (χ0n) is 22.7. The summed E-state index contributed by atoms with van der Waals surface area (Å²) < 4.78 is 5.51. The Morgan fingerprint density at radius 3 is 2.41 bits per heavy atom. The van der Waals surface area contributed by atoms with Crippen LogP contribution in [0, 0.1) is 0 Å². The maximum atomic E-state index is 13.8. The highest BCUT2D eigenvalue weighted by Gasteiger charge is 2.44. The number of aliphatic hydroxyl groups is 1. The molecule has 2 aliphatic heterocycles. The Kier molecular flexibility index (Phi) is 6.12. The topological polar surface area (TPSA) is 62.1 Å². The predicted octanol–water partition coefficient (Wildman–Crippen LogP) is 7.08. The Bertz CT molecular complexity index is 1610. The fourth-order valence-electron chi connectivity index (χ4n) is 5.84. The molecule has 196 valence electrons. The van der Waals surface area contributed by atoms with E-state index in [-0.39, 0.29) is 23.1 Å². The van der Waals surface area contributed by atoms with Gasteiger partial charge in [0.25, 0.3) is 0 Å². The van der Waals surface area contributed by atoms with Gasteiger partial charge >= 0.3 is 0 Å². The molecule has 0 radical (unpaired) electrons. The molecule has 2 heterocycles. The zero-order valence-corrected chi connectivity index (χ0v) is 22.7. The molecule has 3 aliphatic rings. The number of anilines is 1. The van der Waals surface area contributed by atoms with Crippen molar-refractivity contribution in [3.8, 4) is 0 Å². The molecule has 5 nitrogen and oxygen atoms in total. The molecule has 0 saturated heterocycles. The molecule has 1 unspecified atom stereocenters. The van der Waals surface area contributed by atoms with Crippen LogP contribution in [0.2, 0.25) is 0 Å². The van der Waals surface area contributed by atoms with E-state index < -0.39 is 0 Å². The average Bonchev–Trinajstić information content (AvgIpc) is 3.43. The Labute approximate surface area is 229 Å². The minimum Gasteiger partial charge on any atom is -0.506 e. The first-order valence-corrected chi connectivity index (χ1v) is 13.4. The van der Waals surface area contributed by atoms with E-state index >= 15 is 0 Å². The Morgan fingerprint density at radius 1 is 0.974 bits per heavy atom. The summed E-state index contributed by atoms with van der Waals surface area (Å²) >= 11 is 0. The van der Waals surface area contributed by atoms with Crippen LogP contribution in [-0.2, 0) is 14.9 Å². The predicted molar refractivity (Wildman–Crippen MR) is 157 cm³/mol. The van der Waals surface area contributed by atoms with Gasteiger partial charge in [-0.3, -0.25) is 4.79 Å². The first kappa shape index (κ1) is 25.1. The molecule has 1 aliphatic carbocycles. The van der Waals surface area contributed by atoms with E-state index in [1.807, 2.05) is 66.7 Å². The van der Waals surface area contributed by atoms with Crippen LogP contribution in [0.4, 0.5) is 11.4 Å². The monoisotopic (exact) mass is 516 g/mol. The van der Waals surface area contributed by atoms with Gasteiger partial charge < -0.3 is 14.7 Å². The maximum absolute atomic E-state index is 13.8. The highest BCUT2D eigenvalue weighted by molar-refractivity contribution is 6.43. The van der Waals surface area contributed by atoms with Gasteiger partial charge in [-0.25, -0.2) is 4.99 Å². The second-order valence-corrected chi connectivity index (χ2v) is 10.8. The second-order valence-electron chi connectivity index (χ2n) is 10.8. The maximum Gasteiger partial charge on any atom is 0.201 e. The normalized spacial score (nSPS) is 21.1. The lowest BCUT2D eigenvalue weighted by atomic mass is 9.78. The number of aliphatic hydroxyl groups excluding tert-OH is 1. The van der Waals surface area contributed by atoms with Crippen molar-refractivity contribution in [1.82, 2.24) is 0 Å². The van der Waals surface area contributed by atoms with E-state index in [1.54, 1.807) is 7.11 Å². The zero-order chi connectivity index (χ0) is 27.3. The van der Waals surface area contributed by atoms with Gasteiger partial charge in [0.2, 0.25) is 5.78 Å². The number of Topliss-reactive ketones (excluding diaryl/α,β-unsaturated/α-hetero) is 1. The number of allylic oxidation sites excluding steroid dienone is 5. The molecule has 3 aromatic carbocycles. The summed E-state index contributed by atoms with van der Waals surface area (Å²) in [6, 6.07) is 26.0. The number of rotatable bonds is 6. The van der Waals surface area contributed by atoms with E-state index in [0.29, 0.717) is 22.4 Å². The van der Waals surface area contributed by atoms with E-state index in [1.165, 1.54) is 5.56 Å². The van der Waals surface area contributed by atoms with Gasteiger partial charge in [0, 0.05) is 47.2 Å². The third kappa shape index (κ3) is 3.96. The van der Waals surface area contributed by atoms with E-state index in [4.69, 9.17) is 9.73 Å². The van der Waals surface area contributed by atoms with Crippen LogP contribution in [0.1, 0.15) is 43.9 Å². The summed E-state index contributed by atoms with van der Waals surface area (Å²) in [6.45, 7) is 7.15. The number of fused-ring (bicyclic) bond motifs is 2. The number of benzene rings is 3. The quantitative estimate of drug-likeness (QED) is 0.356. The smallest absolute Gasteiger partial charge is 0.201 e. The van der Waals surface area contributed by atoms with E-state index in [2.05, 4.69) is 43.9 Å². The lowest BCUT2D eigenvalue weighted by Crippen LogP contribution is -2.31. The lowest BCUT2D eigenvalue weighted by Gasteiger charge is -2.30. The summed E-state index contributed by atoms with van der Waals surface area (Å²) in [5, 5.41) is 11.4. The van der Waals surface area contributed by atoms with Gasteiger partial charge in [0.1, 0.15) is 5.76 Å². The summed E-state index contributed by atoms with van der Waals surface area (Å²) in [5.74, 6) is -0.132. The fourth-order valence-corrected chi connectivity index (χ4v) is 5.84. The highest BCUT2D eigenvalue weighted by Crippen LogP contribution is 2.50. The fraction of sp³-hybridized carbons (Fsp3) is 0.235. The first-order chi connectivity index (χ1) is 18.8. The highest BCUT2D eigenvalue weighted by atomic mass is 16.5. The largest absolute Gasteiger partial charge is 0.506 e. The van der Waals surface area contributed by atoms with E-state index in [0.717, 1.165) is 41.2 Å². The number of hydrogen-bond acceptors (Lipinski definition) is 5. The number of carbonyl (C=O) groups excluding carboxylic acids is 1. The molecule has 1 atom stereocenters. The van der Waals surface area contributed by atoms with Crippen molar-refractivity contribution in [3.63, 3.8) is 0 Å². The van der Waals surface area contributed by atoms with Crippen LogP contribution in [-0.4, -0.2) is 36.4 Å². The molecule has 5 heteroatoms. The van der Waals surface area contributed by atoms with Crippen molar-refractivity contribution >= 4 is 28.4 Å². The van der Waals surface area contributed by atoms with Crippen LogP contribution in [0.3, 0.4) is 0 Å². The Balaban J connectivity index is 1.47. The van der Waals surface area contributed by atoms with Gasteiger partial charge in [-0.15, -0.1) is 0 Å². The second kappa shape index (κ2) is 9.51. The molecular weight excluding hydrogens is 484 g/mol. The number of para-hydroxylation sites is 2. The van der Waals surface area contributed by atoms with Crippen LogP contribution in [0.5, 0.6) is 0 Å². The lowest BCUT2D eigenvalue weighted by molar-refractivity contribution is -0.113. The van der Waals surface area contributed by atoms with Crippen molar-refractivity contribution < 1.29 is 14.6 Å². The molecule has 0 amide bonds. The van der Waals surface area contributed by atoms with Crippen LogP contribution in [0.25, 0.3) is 5.57 Å². The number of hydrogen-bond donors (Lipinski definition) is 1. The average molecular weight is 517 g/mol. The summed E-state index contributed by atoms with van der Waals surface area (Å²) in [6.07, 6.45) is 2.83. The van der Waals surface area contributed by atoms with Gasteiger partial charge in [-0.2, -0.15) is 0 Å². The van der Waals surface area contributed by atoms with E-state index in [9.17, 15) is 9.90 Å². The minimum absolute atomic E-state index is 0.0276. The van der Waals surface area contributed by atoms with Crippen molar-refractivity contribution in [2.24, 2.45) is 4.99 Å². The Hall–Kier alpha value is -4.22. The Morgan fingerprint density at radius 2 is 1.67 bits per heavy atom. The molecular formula is C34H32N2O3. The van der Waals surface area contributed by atoms with Gasteiger partial charge in [-0.1, -0.05) is 80.6 Å². The molecule has 39 heavy (non-hydrogen) atoms. The number of aliphatic imine (C=N–C) groups is 1. The van der Waals surface area contributed by atoms with Crippen LogP contribution in [0.15, 0.2) is 113 Å². The van der Waals surface area contributed by atoms with Gasteiger partial charge in [0.15, 0.2) is 0 Å².